The van der Waals surface area contributed by atoms with Gasteiger partial charge in [0.25, 0.3) is 5.69 Å². The molecule has 1 aromatic carbocycles. The Bertz CT molecular complexity index is 551. The molecule has 0 aliphatic carbocycles. The summed E-state index contributed by atoms with van der Waals surface area (Å²) in [5.41, 5.74) is -0.0340. The standard InChI is InChI=1S/C10H6ClN3O2S/c11-8-6-7(14(15)16)2-3-9(8)17-10-12-4-1-5-13-10/h1-6H. The fourth-order valence-corrected chi connectivity index (χ4v) is 2.13. The largest absolute Gasteiger partial charge is 0.270 e. The smallest absolute Gasteiger partial charge is 0.258 e. The van der Waals surface area contributed by atoms with Crippen molar-refractivity contribution in [1.82, 2.24) is 9.97 Å². The van der Waals surface area contributed by atoms with Crippen molar-refractivity contribution in [2.24, 2.45) is 0 Å². The number of aromatic nitrogens is 2. The molecule has 1 heterocycles. The Morgan fingerprint density at radius 2 is 2.00 bits per heavy atom. The Morgan fingerprint density at radius 3 is 2.59 bits per heavy atom. The molecule has 0 atom stereocenters. The van der Waals surface area contributed by atoms with Gasteiger partial charge >= 0.3 is 0 Å². The van der Waals surface area contributed by atoms with E-state index in [-0.39, 0.29) is 5.69 Å². The first-order chi connectivity index (χ1) is 8.16. The molecule has 7 heteroatoms. The van der Waals surface area contributed by atoms with Crippen molar-refractivity contribution in [3.63, 3.8) is 0 Å². The Balaban J connectivity index is 2.26. The van der Waals surface area contributed by atoms with E-state index in [1.165, 1.54) is 23.9 Å². The van der Waals surface area contributed by atoms with Crippen LogP contribution in [0.5, 0.6) is 0 Å². The number of hydrogen-bond acceptors (Lipinski definition) is 5. The van der Waals surface area contributed by atoms with Gasteiger partial charge in [0.2, 0.25) is 0 Å². The third-order valence-electron chi connectivity index (χ3n) is 1.87. The van der Waals surface area contributed by atoms with E-state index in [0.717, 1.165) is 0 Å². The number of benzene rings is 1. The Kier molecular flexibility index (Phi) is 3.55. The molecule has 0 amide bonds. The van der Waals surface area contributed by atoms with E-state index in [4.69, 9.17) is 11.6 Å². The van der Waals surface area contributed by atoms with Gasteiger partial charge in [0, 0.05) is 29.4 Å². The van der Waals surface area contributed by atoms with Crippen LogP contribution in [-0.2, 0) is 0 Å². The Morgan fingerprint density at radius 1 is 1.29 bits per heavy atom. The van der Waals surface area contributed by atoms with Crippen LogP contribution in [0, 0.1) is 10.1 Å². The molecule has 2 aromatic rings. The molecule has 86 valence electrons. The molecule has 0 bridgehead atoms. The number of nitrogens with zero attached hydrogens (tertiary/aromatic N) is 3. The number of hydrogen-bond donors (Lipinski definition) is 0. The fourth-order valence-electron chi connectivity index (χ4n) is 1.12. The number of halogens is 1. The summed E-state index contributed by atoms with van der Waals surface area (Å²) in [5, 5.41) is 11.4. The van der Waals surface area contributed by atoms with Gasteiger partial charge in [0.1, 0.15) is 0 Å². The molecular formula is C10H6ClN3O2S. The molecule has 0 aliphatic heterocycles. The number of nitro groups is 1. The molecule has 5 nitrogen and oxygen atoms in total. The van der Waals surface area contributed by atoms with Gasteiger partial charge in [-0.25, -0.2) is 9.97 Å². The normalized spacial score (nSPS) is 10.2. The first kappa shape index (κ1) is 11.8. The topological polar surface area (TPSA) is 68.9 Å². The van der Waals surface area contributed by atoms with E-state index < -0.39 is 4.92 Å². The average Bonchev–Trinajstić information content (AvgIpc) is 2.33. The summed E-state index contributed by atoms with van der Waals surface area (Å²) >= 11 is 7.20. The molecule has 1 aromatic heterocycles. The van der Waals surface area contributed by atoms with Crippen LogP contribution in [0.1, 0.15) is 0 Å². The van der Waals surface area contributed by atoms with E-state index >= 15 is 0 Å². The lowest BCUT2D eigenvalue weighted by molar-refractivity contribution is -0.384. The molecular weight excluding hydrogens is 262 g/mol. The minimum Gasteiger partial charge on any atom is -0.258 e. The van der Waals surface area contributed by atoms with Crippen LogP contribution in [0.4, 0.5) is 5.69 Å². The number of nitro benzene ring substituents is 1. The van der Waals surface area contributed by atoms with Crippen LogP contribution in [0.25, 0.3) is 0 Å². The monoisotopic (exact) mass is 267 g/mol. The maximum atomic E-state index is 10.5. The van der Waals surface area contributed by atoms with E-state index in [2.05, 4.69) is 9.97 Å². The second-order valence-electron chi connectivity index (χ2n) is 3.01. The summed E-state index contributed by atoms with van der Waals surface area (Å²) in [7, 11) is 0. The average molecular weight is 268 g/mol. The number of non-ortho nitro benzene ring substituents is 1. The van der Waals surface area contributed by atoms with Crippen molar-refractivity contribution in [2.45, 2.75) is 10.1 Å². The lowest BCUT2D eigenvalue weighted by Gasteiger charge is -2.01. The molecule has 0 aliphatic rings. The minimum atomic E-state index is -0.487. The highest BCUT2D eigenvalue weighted by Crippen LogP contribution is 2.33. The summed E-state index contributed by atoms with van der Waals surface area (Å²) in [5.74, 6) is 0. The lowest BCUT2D eigenvalue weighted by Crippen LogP contribution is -1.88. The highest BCUT2D eigenvalue weighted by Gasteiger charge is 2.10. The van der Waals surface area contributed by atoms with Crippen LogP contribution in [0.3, 0.4) is 0 Å². The summed E-state index contributed by atoms with van der Waals surface area (Å²) in [6.07, 6.45) is 3.24. The summed E-state index contributed by atoms with van der Waals surface area (Å²) in [6, 6.07) is 6.01. The highest BCUT2D eigenvalue weighted by molar-refractivity contribution is 7.99. The summed E-state index contributed by atoms with van der Waals surface area (Å²) < 4.78 is 0. The summed E-state index contributed by atoms with van der Waals surface area (Å²) in [4.78, 5) is 18.8. The summed E-state index contributed by atoms with van der Waals surface area (Å²) in [6.45, 7) is 0. The second-order valence-corrected chi connectivity index (χ2v) is 4.42. The van der Waals surface area contributed by atoms with Crippen molar-refractivity contribution in [3.8, 4) is 0 Å². The molecule has 17 heavy (non-hydrogen) atoms. The Labute approximate surface area is 106 Å². The number of rotatable bonds is 3. The van der Waals surface area contributed by atoms with E-state index in [1.807, 2.05) is 0 Å². The zero-order chi connectivity index (χ0) is 12.3. The van der Waals surface area contributed by atoms with Crippen molar-refractivity contribution < 1.29 is 4.92 Å². The van der Waals surface area contributed by atoms with Gasteiger partial charge < -0.3 is 0 Å². The third kappa shape index (κ3) is 2.92. The van der Waals surface area contributed by atoms with Gasteiger partial charge in [-0.05, 0) is 23.9 Å². The van der Waals surface area contributed by atoms with Crippen LogP contribution in [-0.4, -0.2) is 14.9 Å². The van der Waals surface area contributed by atoms with Gasteiger partial charge in [0.05, 0.1) is 9.95 Å². The molecule has 0 saturated heterocycles. The van der Waals surface area contributed by atoms with Crippen molar-refractivity contribution in [3.05, 3.63) is 51.8 Å². The quantitative estimate of drug-likeness (QED) is 0.485. The van der Waals surface area contributed by atoms with Crippen LogP contribution in [0.2, 0.25) is 5.02 Å². The van der Waals surface area contributed by atoms with Gasteiger partial charge in [0.15, 0.2) is 5.16 Å². The fraction of sp³-hybridized carbons (Fsp3) is 0. The van der Waals surface area contributed by atoms with E-state index in [0.29, 0.717) is 15.1 Å². The van der Waals surface area contributed by atoms with Crippen molar-refractivity contribution >= 4 is 29.1 Å². The van der Waals surface area contributed by atoms with Crippen LogP contribution in [0.15, 0.2) is 46.7 Å². The van der Waals surface area contributed by atoms with Gasteiger partial charge in [-0.1, -0.05) is 11.6 Å². The van der Waals surface area contributed by atoms with Crippen molar-refractivity contribution in [2.75, 3.05) is 0 Å². The zero-order valence-electron chi connectivity index (χ0n) is 8.41. The maximum Gasteiger partial charge on any atom is 0.270 e. The molecule has 0 N–H and O–H groups in total. The van der Waals surface area contributed by atoms with Gasteiger partial charge in [-0.3, -0.25) is 10.1 Å². The van der Waals surface area contributed by atoms with Gasteiger partial charge in [-0.15, -0.1) is 0 Å². The highest BCUT2D eigenvalue weighted by atomic mass is 35.5. The second kappa shape index (κ2) is 5.11. The first-order valence-electron chi connectivity index (χ1n) is 4.55. The Hall–Kier alpha value is -1.66. The van der Waals surface area contributed by atoms with E-state index in [9.17, 15) is 10.1 Å². The predicted octanol–water partition coefficient (Wildman–Crippen LogP) is 3.19. The maximum absolute atomic E-state index is 10.5. The van der Waals surface area contributed by atoms with E-state index in [1.54, 1.807) is 24.5 Å². The first-order valence-corrected chi connectivity index (χ1v) is 5.75. The van der Waals surface area contributed by atoms with Crippen LogP contribution < -0.4 is 0 Å². The van der Waals surface area contributed by atoms with Gasteiger partial charge in [-0.2, -0.15) is 0 Å². The van der Waals surface area contributed by atoms with Crippen molar-refractivity contribution in [1.29, 1.82) is 0 Å². The minimum absolute atomic E-state index is 0.0340. The SMILES string of the molecule is O=[N+]([O-])c1ccc(Sc2ncccn2)c(Cl)c1. The predicted molar refractivity (Wildman–Crippen MR) is 64.3 cm³/mol. The molecule has 0 unspecified atom stereocenters. The molecule has 2 rings (SSSR count). The zero-order valence-corrected chi connectivity index (χ0v) is 9.98. The molecule has 0 fully saturated rings. The molecule has 0 radical (unpaired) electrons. The molecule has 0 spiro atoms. The lowest BCUT2D eigenvalue weighted by atomic mass is 10.3. The van der Waals surface area contributed by atoms with Crippen LogP contribution >= 0.6 is 23.4 Å². The molecule has 0 saturated carbocycles. The third-order valence-corrected chi connectivity index (χ3v) is 3.26.